The van der Waals surface area contributed by atoms with Crippen molar-refractivity contribution in [2.75, 3.05) is 19.6 Å². The van der Waals surface area contributed by atoms with Crippen LogP contribution in [0.25, 0.3) is 0 Å². The van der Waals surface area contributed by atoms with Crippen LogP contribution in [-0.2, 0) is 4.79 Å². The second-order valence-electron chi connectivity index (χ2n) is 8.23. The lowest BCUT2D eigenvalue weighted by Gasteiger charge is -2.29. The number of hydrogen-bond donors (Lipinski definition) is 2. The van der Waals surface area contributed by atoms with Gasteiger partial charge in [0.1, 0.15) is 6.04 Å². The standard InChI is InChI=1S/C23H28N4O3S/c1-15-4-6-16(7-5-15)22(29)26-14-18(13-19(26)21(28)25-11-10-24)27(17-8-9-17)23(30)20-3-2-12-31-20/h2-7,12,17-19H,8-11,13-14,24H2,1H3,(H,25,28). The predicted molar refractivity (Wildman–Crippen MR) is 120 cm³/mol. The Balaban J connectivity index is 1.59. The van der Waals surface area contributed by atoms with Gasteiger partial charge in [-0.05, 0) is 49.8 Å². The average Bonchev–Trinajstić information content (AvgIpc) is 3.27. The number of hydrogen-bond acceptors (Lipinski definition) is 5. The number of nitrogens with zero attached hydrogens (tertiary/aromatic N) is 2. The van der Waals surface area contributed by atoms with Gasteiger partial charge in [-0.25, -0.2) is 0 Å². The summed E-state index contributed by atoms with van der Waals surface area (Å²) < 4.78 is 0. The summed E-state index contributed by atoms with van der Waals surface area (Å²) in [7, 11) is 0. The number of likely N-dealkylation sites (tertiary alicyclic amines) is 1. The first kappa shape index (κ1) is 21.5. The van der Waals surface area contributed by atoms with E-state index >= 15 is 0 Å². The molecule has 0 spiro atoms. The van der Waals surface area contributed by atoms with Gasteiger partial charge >= 0.3 is 0 Å². The summed E-state index contributed by atoms with van der Waals surface area (Å²) >= 11 is 1.42. The Hall–Kier alpha value is -2.71. The van der Waals surface area contributed by atoms with E-state index in [1.807, 2.05) is 41.5 Å². The van der Waals surface area contributed by atoms with Gasteiger partial charge in [-0.15, -0.1) is 11.3 Å². The van der Waals surface area contributed by atoms with Crippen molar-refractivity contribution >= 4 is 29.1 Å². The molecule has 1 aliphatic heterocycles. The van der Waals surface area contributed by atoms with Crippen molar-refractivity contribution in [3.63, 3.8) is 0 Å². The third kappa shape index (κ3) is 4.65. The van der Waals surface area contributed by atoms with Crippen LogP contribution in [0.4, 0.5) is 0 Å². The molecule has 2 aliphatic rings. The minimum Gasteiger partial charge on any atom is -0.353 e. The van der Waals surface area contributed by atoms with Crippen LogP contribution in [0.15, 0.2) is 41.8 Å². The fourth-order valence-electron chi connectivity index (χ4n) is 4.17. The van der Waals surface area contributed by atoms with Gasteiger partial charge in [-0.2, -0.15) is 0 Å². The molecule has 164 valence electrons. The fourth-order valence-corrected chi connectivity index (χ4v) is 4.84. The Bertz CT molecular complexity index is 940. The third-order valence-electron chi connectivity index (χ3n) is 5.88. The van der Waals surface area contributed by atoms with Gasteiger partial charge in [0.2, 0.25) is 5.91 Å². The number of amides is 3. The van der Waals surface area contributed by atoms with Gasteiger partial charge in [-0.3, -0.25) is 14.4 Å². The SMILES string of the molecule is Cc1ccc(C(=O)N2CC(N(C(=O)c3cccs3)C3CC3)CC2C(=O)NCCN)cc1. The molecule has 2 aromatic rings. The topological polar surface area (TPSA) is 95.7 Å². The van der Waals surface area contributed by atoms with Crippen molar-refractivity contribution < 1.29 is 14.4 Å². The van der Waals surface area contributed by atoms with Crippen LogP contribution in [0.1, 0.15) is 44.9 Å². The molecular formula is C23H28N4O3S. The number of carbonyl (C=O) groups excluding carboxylic acids is 3. The molecule has 1 aromatic heterocycles. The number of thiophene rings is 1. The van der Waals surface area contributed by atoms with Crippen molar-refractivity contribution in [2.45, 2.75) is 44.3 Å². The molecule has 2 heterocycles. The third-order valence-corrected chi connectivity index (χ3v) is 6.74. The Kier molecular flexibility index (Phi) is 6.38. The normalized spacial score (nSPS) is 20.5. The van der Waals surface area contributed by atoms with Crippen LogP contribution in [0.5, 0.6) is 0 Å². The van der Waals surface area contributed by atoms with Crippen LogP contribution >= 0.6 is 11.3 Å². The number of benzene rings is 1. The Morgan fingerprint density at radius 2 is 1.90 bits per heavy atom. The predicted octanol–water partition coefficient (Wildman–Crippen LogP) is 2.02. The van der Waals surface area contributed by atoms with E-state index in [4.69, 9.17) is 5.73 Å². The molecule has 3 N–H and O–H groups in total. The van der Waals surface area contributed by atoms with Gasteiger partial charge in [0, 0.05) is 31.2 Å². The maximum Gasteiger partial charge on any atom is 0.264 e. The van der Waals surface area contributed by atoms with E-state index in [0.29, 0.717) is 36.5 Å². The maximum absolute atomic E-state index is 13.3. The maximum atomic E-state index is 13.3. The Labute approximate surface area is 186 Å². The van der Waals surface area contributed by atoms with Crippen molar-refractivity contribution in [1.29, 1.82) is 0 Å². The summed E-state index contributed by atoms with van der Waals surface area (Å²) in [4.78, 5) is 43.7. The largest absolute Gasteiger partial charge is 0.353 e. The Morgan fingerprint density at radius 1 is 1.16 bits per heavy atom. The molecule has 1 aromatic carbocycles. The fraction of sp³-hybridized carbons (Fsp3) is 0.435. The van der Waals surface area contributed by atoms with E-state index in [-0.39, 0.29) is 29.8 Å². The summed E-state index contributed by atoms with van der Waals surface area (Å²) in [6.45, 7) is 3.00. The average molecular weight is 441 g/mol. The smallest absolute Gasteiger partial charge is 0.264 e. The molecular weight excluding hydrogens is 412 g/mol. The van der Waals surface area contributed by atoms with Crippen LogP contribution in [0, 0.1) is 6.92 Å². The zero-order valence-electron chi connectivity index (χ0n) is 17.6. The van der Waals surface area contributed by atoms with Crippen LogP contribution in [-0.4, -0.2) is 65.3 Å². The number of carbonyl (C=O) groups is 3. The van der Waals surface area contributed by atoms with Crippen molar-refractivity contribution in [3.8, 4) is 0 Å². The minimum absolute atomic E-state index is 0.00625. The second-order valence-corrected chi connectivity index (χ2v) is 9.18. The number of rotatable bonds is 7. The zero-order chi connectivity index (χ0) is 22.0. The Morgan fingerprint density at radius 3 is 2.52 bits per heavy atom. The molecule has 2 unspecified atom stereocenters. The lowest BCUT2D eigenvalue weighted by molar-refractivity contribution is -0.124. The molecule has 4 rings (SSSR count). The monoisotopic (exact) mass is 440 g/mol. The lowest BCUT2D eigenvalue weighted by atomic mass is 10.1. The van der Waals surface area contributed by atoms with Gasteiger partial charge in [0.15, 0.2) is 0 Å². The highest BCUT2D eigenvalue weighted by molar-refractivity contribution is 7.12. The second kappa shape index (κ2) is 9.20. The highest BCUT2D eigenvalue weighted by Crippen LogP contribution is 2.35. The zero-order valence-corrected chi connectivity index (χ0v) is 18.4. The van der Waals surface area contributed by atoms with E-state index in [1.54, 1.807) is 17.0 Å². The van der Waals surface area contributed by atoms with E-state index in [9.17, 15) is 14.4 Å². The van der Waals surface area contributed by atoms with Crippen molar-refractivity contribution in [2.24, 2.45) is 5.73 Å². The molecule has 0 bridgehead atoms. The molecule has 1 aliphatic carbocycles. The molecule has 2 fully saturated rings. The minimum atomic E-state index is -0.622. The highest BCUT2D eigenvalue weighted by Gasteiger charge is 2.47. The summed E-state index contributed by atoms with van der Waals surface area (Å²) in [6.07, 6.45) is 2.36. The van der Waals surface area contributed by atoms with Crippen LogP contribution < -0.4 is 11.1 Å². The van der Waals surface area contributed by atoms with E-state index < -0.39 is 6.04 Å². The first-order valence-electron chi connectivity index (χ1n) is 10.7. The molecule has 1 saturated heterocycles. The van der Waals surface area contributed by atoms with Crippen LogP contribution in [0.2, 0.25) is 0 Å². The molecule has 2 atom stereocenters. The number of aryl methyl sites for hydroxylation is 1. The number of nitrogens with one attached hydrogen (secondary N) is 1. The summed E-state index contributed by atoms with van der Waals surface area (Å²) in [5, 5.41) is 4.71. The van der Waals surface area contributed by atoms with Gasteiger partial charge < -0.3 is 20.9 Å². The quantitative estimate of drug-likeness (QED) is 0.689. The van der Waals surface area contributed by atoms with Gasteiger partial charge in [0.25, 0.3) is 11.8 Å². The summed E-state index contributed by atoms with van der Waals surface area (Å²) in [5.74, 6) is -0.407. The van der Waals surface area contributed by atoms with Crippen LogP contribution in [0.3, 0.4) is 0 Å². The molecule has 8 heteroatoms. The molecule has 31 heavy (non-hydrogen) atoms. The molecule has 3 amide bonds. The van der Waals surface area contributed by atoms with Crippen molar-refractivity contribution in [3.05, 3.63) is 57.8 Å². The molecule has 7 nitrogen and oxygen atoms in total. The first-order valence-corrected chi connectivity index (χ1v) is 11.6. The van der Waals surface area contributed by atoms with Crippen molar-refractivity contribution in [1.82, 2.24) is 15.1 Å². The summed E-state index contributed by atoms with van der Waals surface area (Å²) in [6, 6.07) is 10.4. The van der Waals surface area contributed by atoms with E-state index in [0.717, 1.165) is 18.4 Å². The first-order chi connectivity index (χ1) is 15.0. The van der Waals surface area contributed by atoms with E-state index in [2.05, 4.69) is 5.32 Å². The molecule has 0 radical (unpaired) electrons. The van der Waals surface area contributed by atoms with Gasteiger partial charge in [-0.1, -0.05) is 23.8 Å². The molecule has 1 saturated carbocycles. The highest BCUT2D eigenvalue weighted by atomic mass is 32.1. The van der Waals surface area contributed by atoms with E-state index in [1.165, 1.54) is 11.3 Å². The lowest BCUT2D eigenvalue weighted by Crippen LogP contribution is -2.47. The summed E-state index contributed by atoms with van der Waals surface area (Å²) in [5.41, 5.74) is 7.16. The number of nitrogens with two attached hydrogens (primary N) is 1. The van der Waals surface area contributed by atoms with Gasteiger partial charge in [0.05, 0.1) is 10.9 Å².